The molecule has 0 saturated heterocycles. The number of hydrogen-bond donors (Lipinski definition) is 2. The Morgan fingerprint density at radius 2 is 1.86 bits per heavy atom. The monoisotopic (exact) mass is 213 g/mol. The lowest BCUT2D eigenvalue weighted by molar-refractivity contribution is 0.132. The molecule has 1 rings (SSSR count). The Hall–Kier alpha value is -0.570. The van der Waals surface area contributed by atoms with Crippen molar-refractivity contribution in [2.24, 2.45) is 11.1 Å². The molecule has 0 fully saturated rings. The van der Waals surface area contributed by atoms with E-state index < -0.39 is 0 Å². The lowest BCUT2D eigenvalue weighted by Gasteiger charge is -2.29. The molecule has 0 bridgehead atoms. The van der Waals surface area contributed by atoms with Crippen LogP contribution in [0.5, 0.6) is 0 Å². The van der Waals surface area contributed by atoms with Gasteiger partial charge in [0.1, 0.15) is 0 Å². The quantitative estimate of drug-likeness (QED) is 0.810. The van der Waals surface area contributed by atoms with Gasteiger partial charge in [-0.1, -0.05) is 37.6 Å². The molecular formula is C11H16ClNO. The zero-order chi connectivity index (χ0) is 10.8. The first-order chi connectivity index (χ1) is 6.47. The maximum Gasteiger partial charge on any atom is 0.0500 e. The molecule has 0 amide bonds. The molecule has 0 saturated carbocycles. The number of halogens is 1. The molecule has 0 aliphatic heterocycles. The van der Waals surface area contributed by atoms with E-state index in [0.29, 0.717) is 5.02 Å². The summed E-state index contributed by atoms with van der Waals surface area (Å²) in [4.78, 5) is 0. The van der Waals surface area contributed by atoms with Crippen LogP contribution in [0.2, 0.25) is 5.02 Å². The van der Waals surface area contributed by atoms with Crippen molar-refractivity contribution < 1.29 is 5.11 Å². The van der Waals surface area contributed by atoms with Crippen molar-refractivity contribution in [3.8, 4) is 0 Å². The van der Waals surface area contributed by atoms with Crippen LogP contribution in [0.3, 0.4) is 0 Å². The lowest BCUT2D eigenvalue weighted by Crippen LogP contribution is -2.32. The van der Waals surface area contributed by atoms with Crippen LogP contribution in [0.1, 0.15) is 25.5 Å². The van der Waals surface area contributed by atoms with Crippen molar-refractivity contribution in [1.29, 1.82) is 0 Å². The molecule has 3 heteroatoms. The van der Waals surface area contributed by atoms with Gasteiger partial charge >= 0.3 is 0 Å². The predicted molar refractivity (Wildman–Crippen MR) is 59.2 cm³/mol. The largest absolute Gasteiger partial charge is 0.396 e. The van der Waals surface area contributed by atoms with Crippen molar-refractivity contribution in [3.63, 3.8) is 0 Å². The van der Waals surface area contributed by atoms with E-state index in [4.69, 9.17) is 17.3 Å². The molecular weight excluding hydrogens is 198 g/mol. The minimum atomic E-state index is -0.312. The van der Waals surface area contributed by atoms with E-state index >= 15 is 0 Å². The van der Waals surface area contributed by atoms with Gasteiger partial charge in [-0.05, 0) is 17.7 Å². The molecule has 0 radical (unpaired) electrons. The number of aliphatic hydroxyl groups excluding tert-OH is 1. The third-order valence-electron chi connectivity index (χ3n) is 2.48. The van der Waals surface area contributed by atoms with Crippen molar-refractivity contribution >= 4 is 11.6 Å². The highest BCUT2D eigenvalue weighted by Crippen LogP contribution is 2.30. The van der Waals surface area contributed by atoms with E-state index in [9.17, 15) is 5.11 Å². The Balaban J connectivity index is 2.89. The smallest absolute Gasteiger partial charge is 0.0500 e. The van der Waals surface area contributed by atoms with Crippen LogP contribution >= 0.6 is 11.6 Å². The van der Waals surface area contributed by atoms with Gasteiger partial charge in [0.05, 0.1) is 0 Å². The zero-order valence-corrected chi connectivity index (χ0v) is 9.25. The van der Waals surface area contributed by atoms with E-state index in [1.807, 2.05) is 38.1 Å². The summed E-state index contributed by atoms with van der Waals surface area (Å²) in [6.07, 6.45) is 0. The highest BCUT2D eigenvalue weighted by atomic mass is 35.5. The fraction of sp³-hybridized carbons (Fsp3) is 0.455. The molecule has 0 spiro atoms. The van der Waals surface area contributed by atoms with Crippen LogP contribution in [0, 0.1) is 5.41 Å². The second-order valence-electron chi connectivity index (χ2n) is 4.18. The molecule has 1 aromatic carbocycles. The molecule has 78 valence electrons. The van der Waals surface area contributed by atoms with Gasteiger partial charge in [0.25, 0.3) is 0 Å². The number of rotatable bonds is 3. The summed E-state index contributed by atoms with van der Waals surface area (Å²) >= 11 is 5.77. The second-order valence-corrected chi connectivity index (χ2v) is 4.61. The van der Waals surface area contributed by atoms with Gasteiger partial charge in [0.15, 0.2) is 0 Å². The first kappa shape index (κ1) is 11.5. The van der Waals surface area contributed by atoms with Crippen molar-refractivity contribution in [1.82, 2.24) is 0 Å². The van der Waals surface area contributed by atoms with E-state index in [-0.39, 0.29) is 18.1 Å². The molecule has 3 N–H and O–H groups in total. The van der Waals surface area contributed by atoms with Crippen LogP contribution in [0.4, 0.5) is 0 Å². The van der Waals surface area contributed by atoms with Gasteiger partial charge in [-0.2, -0.15) is 0 Å². The minimum absolute atomic E-state index is 0.0663. The SMILES string of the molecule is CC(C)(CO)C(N)c1ccc(Cl)cc1. The number of hydrogen-bond acceptors (Lipinski definition) is 2. The fourth-order valence-electron chi connectivity index (χ4n) is 1.22. The first-order valence-corrected chi connectivity index (χ1v) is 4.97. The van der Waals surface area contributed by atoms with Crippen molar-refractivity contribution in [2.45, 2.75) is 19.9 Å². The summed E-state index contributed by atoms with van der Waals surface area (Å²) in [6, 6.07) is 7.23. The average Bonchev–Trinajstić information content (AvgIpc) is 2.18. The Bertz CT molecular complexity index is 295. The van der Waals surface area contributed by atoms with Crippen LogP contribution in [0.25, 0.3) is 0 Å². The number of benzene rings is 1. The van der Waals surface area contributed by atoms with Crippen LogP contribution in [-0.4, -0.2) is 11.7 Å². The standard InChI is InChI=1S/C11H16ClNO/c1-11(2,7-14)10(13)8-3-5-9(12)6-4-8/h3-6,10,14H,7,13H2,1-2H3. The number of aliphatic hydroxyl groups is 1. The molecule has 14 heavy (non-hydrogen) atoms. The third kappa shape index (κ3) is 2.47. The Morgan fingerprint density at radius 3 is 2.29 bits per heavy atom. The van der Waals surface area contributed by atoms with Gasteiger partial charge in [0.2, 0.25) is 0 Å². The summed E-state index contributed by atoms with van der Waals surface area (Å²) in [5.41, 5.74) is 6.71. The highest BCUT2D eigenvalue weighted by molar-refractivity contribution is 6.30. The van der Waals surface area contributed by atoms with Gasteiger partial charge in [-0.3, -0.25) is 0 Å². The van der Waals surface area contributed by atoms with E-state index in [1.165, 1.54) is 0 Å². The van der Waals surface area contributed by atoms with Gasteiger partial charge in [-0.25, -0.2) is 0 Å². The van der Waals surface area contributed by atoms with E-state index in [1.54, 1.807) is 0 Å². The van der Waals surface area contributed by atoms with Gasteiger partial charge in [0, 0.05) is 23.1 Å². The summed E-state index contributed by atoms with van der Waals surface area (Å²) in [5.74, 6) is 0. The summed E-state index contributed by atoms with van der Waals surface area (Å²) in [6.45, 7) is 3.94. The van der Waals surface area contributed by atoms with Crippen LogP contribution < -0.4 is 5.73 Å². The molecule has 0 heterocycles. The lowest BCUT2D eigenvalue weighted by atomic mass is 9.82. The summed E-state index contributed by atoms with van der Waals surface area (Å²) < 4.78 is 0. The topological polar surface area (TPSA) is 46.2 Å². The first-order valence-electron chi connectivity index (χ1n) is 4.59. The van der Waals surface area contributed by atoms with Gasteiger partial charge < -0.3 is 10.8 Å². The normalized spacial score (nSPS) is 14.1. The van der Waals surface area contributed by atoms with Crippen LogP contribution in [-0.2, 0) is 0 Å². The maximum atomic E-state index is 9.17. The minimum Gasteiger partial charge on any atom is -0.396 e. The molecule has 1 aromatic rings. The van der Waals surface area contributed by atoms with E-state index in [0.717, 1.165) is 5.56 Å². The summed E-state index contributed by atoms with van der Waals surface area (Å²) in [5, 5.41) is 9.87. The van der Waals surface area contributed by atoms with Gasteiger partial charge in [-0.15, -0.1) is 0 Å². The van der Waals surface area contributed by atoms with Crippen molar-refractivity contribution in [3.05, 3.63) is 34.9 Å². The predicted octanol–water partition coefficient (Wildman–Crippen LogP) is 2.36. The van der Waals surface area contributed by atoms with Crippen LogP contribution in [0.15, 0.2) is 24.3 Å². The second kappa shape index (κ2) is 4.30. The molecule has 0 aliphatic carbocycles. The fourth-order valence-corrected chi connectivity index (χ4v) is 1.35. The molecule has 1 atom stereocenters. The third-order valence-corrected chi connectivity index (χ3v) is 2.73. The van der Waals surface area contributed by atoms with Crippen molar-refractivity contribution in [2.75, 3.05) is 6.61 Å². The molecule has 0 aliphatic rings. The molecule has 2 nitrogen and oxygen atoms in total. The molecule has 1 unspecified atom stereocenters. The Labute approximate surface area is 89.7 Å². The zero-order valence-electron chi connectivity index (χ0n) is 8.50. The Kier molecular flexibility index (Phi) is 3.53. The number of nitrogens with two attached hydrogens (primary N) is 1. The maximum absolute atomic E-state index is 9.17. The Morgan fingerprint density at radius 1 is 1.36 bits per heavy atom. The van der Waals surface area contributed by atoms with E-state index in [2.05, 4.69) is 0 Å². The molecule has 0 aromatic heterocycles. The highest BCUT2D eigenvalue weighted by Gasteiger charge is 2.26. The average molecular weight is 214 g/mol. The summed E-state index contributed by atoms with van der Waals surface area (Å²) in [7, 11) is 0.